The number of nitrogens with one attached hydrogen (secondary N) is 2. The van der Waals surface area contributed by atoms with Crippen LogP contribution in [0.3, 0.4) is 0 Å². The van der Waals surface area contributed by atoms with Crippen LogP contribution in [0.15, 0.2) is 87.2 Å². The van der Waals surface area contributed by atoms with Gasteiger partial charge in [-0.15, -0.1) is 5.10 Å². The smallest absolute Gasteiger partial charge is 0.276 e. The van der Waals surface area contributed by atoms with Crippen molar-refractivity contribution in [1.82, 2.24) is 4.83 Å². The molecule has 4 aromatic rings. The van der Waals surface area contributed by atoms with Crippen LogP contribution >= 0.6 is 11.6 Å². The molecular weight excluding hydrogens is 476 g/mol. The molecular formula is C22H14ClF2N3O4S. The number of rotatable bonds is 5. The number of benzene rings is 3. The van der Waals surface area contributed by atoms with Crippen LogP contribution in [-0.4, -0.2) is 14.3 Å². The lowest BCUT2D eigenvalue weighted by Gasteiger charge is -2.08. The van der Waals surface area contributed by atoms with Gasteiger partial charge in [0.15, 0.2) is 11.6 Å². The highest BCUT2D eigenvalue weighted by atomic mass is 35.5. The summed E-state index contributed by atoms with van der Waals surface area (Å²) in [5.41, 5.74) is -0.158. The normalized spacial score (nSPS) is 12.0. The van der Waals surface area contributed by atoms with Crippen molar-refractivity contribution in [3.8, 4) is 0 Å². The Hall–Kier alpha value is -3.76. The number of sulfonamides is 1. The van der Waals surface area contributed by atoms with E-state index in [0.717, 1.165) is 12.1 Å². The van der Waals surface area contributed by atoms with E-state index >= 15 is 0 Å². The van der Waals surface area contributed by atoms with Gasteiger partial charge in [-0.1, -0.05) is 29.8 Å². The summed E-state index contributed by atoms with van der Waals surface area (Å²) in [7, 11) is -4.10. The number of hydrogen-bond donors (Lipinski definition) is 2. The highest BCUT2D eigenvalue weighted by Crippen LogP contribution is 2.17. The largest absolute Gasteiger partial charge is 0.436 e. The van der Waals surface area contributed by atoms with Crippen LogP contribution in [0.2, 0.25) is 5.02 Å². The number of anilines is 1. The van der Waals surface area contributed by atoms with Gasteiger partial charge >= 0.3 is 0 Å². The third-order valence-electron chi connectivity index (χ3n) is 4.47. The van der Waals surface area contributed by atoms with Gasteiger partial charge in [0.2, 0.25) is 5.55 Å². The van der Waals surface area contributed by atoms with Crippen LogP contribution in [0.1, 0.15) is 10.4 Å². The first-order valence-electron chi connectivity index (χ1n) is 9.33. The summed E-state index contributed by atoms with van der Waals surface area (Å²) in [4.78, 5) is 14.8. The molecule has 3 aromatic carbocycles. The predicted molar refractivity (Wildman–Crippen MR) is 118 cm³/mol. The van der Waals surface area contributed by atoms with E-state index in [0.29, 0.717) is 16.0 Å². The molecule has 4 rings (SSSR count). The maximum atomic E-state index is 13.5. The van der Waals surface area contributed by atoms with Crippen molar-refractivity contribution in [3.05, 3.63) is 101 Å². The number of carbonyl (C=O) groups is 1. The van der Waals surface area contributed by atoms with E-state index in [4.69, 9.17) is 16.0 Å². The molecule has 0 bridgehead atoms. The number of halogens is 3. The van der Waals surface area contributed by atoms with Gasteiger partial charge in [-0.2, -0.15) is 13.2 Å². The summed E-state index contributed by atoms with van der Waals surface area (Å²) in [5, 5.41) is 7.09. The molecule has 0 saturated carbocycles. The summed E-state index contributed by atoms with van der Waals surface area (Å²) in [5.74, 6) is -2.99. The maximum absolute atomic E-state index is 13.5. The SMILES string of the molecule is O=C(Nc1ccc(F)c(F)c1)c1cc2ccccc2oc1=NNS(=O)(=O)c1ccc(Cl)cc1. The van der Waals surface area contributed by atoms with Gasteiger partial charge in [-0.25, -0.2) is 8.78 Å². The summed E-state index contributed by atoms with van der Waals surface area (Å²) >= 11 is 5.79. The summed E-state index contributed by atoms with van der Waals surface area (Å²) in [6.07, 6.45) is 0. The monoisotopic (exact) mass is 489 g/mol. The number of amides is 1. The summed E-state index contributed by atoms with van der Waals surface area (Å²) in [6, 6.07) is 16.3. The van der Waals surface area contributed by atoms with Crippen molar-refractivity contribution < 1.29 is 26.4 Å². The minimum absolute atomic E-state index is 0.0141. The second-order valence-electron chi connectivity index (χ2n) is 6.75. The van der Waals surface area contributed by atoms with Crippen molar-refractivity contribution in [2.75, 3.05) is 5.32 Å². The summed E-state index contributed by atoms with van der Waals surface area (Å²) in [6.45, 7) is 0. The van der Waals surface area contributed by atoms with E-state index in [1.807, 2.05) is 4.83 Å². The van der Waals surface area contributed by atoms with Gasteiger partial charge in [0, 0.05) is 22.2 Å². The minimum Gasteiger partial charge on any atom is -0.436 e. The lowest BCUT2D eigenvalue weighted by molar-refractivity contribution is 0.102. The van der Waals surface area contributed by atoms with E-state index in [1.165, 1.54) is 36.4 Å². The molecule has 2 N–H and O–H groups in total. The zero-order valence-corrected chi connectivity index (χ0v) is 18.1. The Morgan fingerprint density at radius 2 is 1.67 bits per heavy atom. The van der Waals surface area contributed by atoms with Crippen molar-refractivity contribution >= 4 is 44.2 Å². The average molecular weight is 490 g/mol. The molecule has 1 heterocycles. The van der Waals surface area contributed by atoms with E-state index in [-0.39, 0.29) is 21.7 Å². The second-order valence-corrected chi connectivity index (χ2v) is 8.84. The van der Waals surface area contributed by atoms with Gasteiger partial charge in [-0.3, -0.25) is 4.79 Å². The molecule has 0 unspecified atom stereocenters. The first kappa shape index (κ1) is 22.4. The molecule has 0 aliphatic carbocycles. The first-order valence-corrected chi connectivity index (χ1v) is 11.2. The molecule has 33 heavy (non-hydrogen) atoms. The molecule has 0 aliphatic heterocycles. The molecule has 11 heteroatoms. The maximum Gasteiger partial charge on any atom is 0.276 e. The van der Waals surface area contributed by atoms with Crippen LogP contribution in [-0.2, 0) is 10.0 Å². The van der Waals surface area contributed by atoms with Crippen LogP contribution in [0.25, 0.3) is 11.0 Å². The van der Waals surface area contributed by atoms with Crippen LogP contribution in [0.5, 0.6) is 0 Å². The third-order valence-corrected chi connectivity index (χ3v) is 5.95. The van der Waals surface area contributed by atoms with E-state index in [1.54, 1.807) is 24.3 Å². The van der Waals surface area contributed by atoms with Crippen molar-refractivity contribution in [1.29, 1.82) is 0 Å². The van der Waals surface area contributed by atoms with E-state index in [2.05, 4.69) is 10.4 Å². The molecule has 1 aromatic heterocycles. The Morgan fingerprint density at radius 1 is 0.939 bits per heavy atom. The molecule has 0 saturated heterocycles. The molecule has 0 aliphatic rings. The molecule has 7 nitrogen and oxygen atoms in total. The van der Waals surface area contributed by atoms with Gasteiger partial charge in [-0.05, 0) is 48.5 Å². The van der Waals surface area contributed by atoms with Gasteiger partial charge in [0.25, 0.3) is 15.9 Å². The zero-order valence-electron chi connectivity index (χ0n) is 16.6. The van der Waals surface area contributed by atoms with Gasteiger partial charge in [0.1, 0.15) is 11.1 Å². The molecule has 0 radical (unpaired) electrons. The highest BCUT2D eigenvalue weighted by molar-refractivity contribution is 7.89. The lowest BCUT2D eigenvalue weighted by atomic mass is 10.1. The van der Waals surface area contributed by atoms with E-state index in [9.17, 15) is 22.0 Å². The molecule has 0 spiro atoms. The topological polar surface area (TPSA) is 101 Å². The predicted octanol–water partition coefficient (Wildman–Crippen LogP) is 4.41. The number of hydrogen-bond acceptors (Lipinski definition) is 5. The highest BCUT2D eigenvalue weighted by Gasteiger charge is 2.17. The Balaban J connectivity index is 1.74. The average Bonchev–Trinajstić information content (AvgIpc) is 2.80. The molecule has 0 fully saturated rings. The second kappa shape index (κ2) is 9.00. The standard InChI is InChI=1S/C22H14ClF2N3O4S/c23-14-5-8-16(9-6-14)33(30,31)28-27-22-17(11-13-3-1-2-4-20(13)32-22)21(29)26-15-7-10-18(24)19(25)12-15/h1-12,28H,(H,26,29). The number of fused-ring (bicyclic) bond motifs is 1. The van der Waals surface area contributed by atoms with Crippen LogP contribution in [0.4, 0.5) is 14.5 Å². The summed E-state index contributed by atoms with van der Waals surface area (Å²) < 4.78 is 57.4. The third kappa shape index (κ3) is 5.02. The Bertz CT molecular complexity index is 1540. The van der Waals surface area contributed by atoms with Crippen LogP contribution in [0, 0.1) is 11.6 Å². The number of nitrogens with zero attached hydrogens (tertiary/aromatic N) is 1. The molecule has 168 valence electrons. The van der Waals surface area contributed by atoms with Crippen molar-refractivity contribution in [2.24, 2.45) is 5.10 Å². The minimum atomic E-state index is -4.10. The fraction of sp³-hybridized carbons (Fsp3) is 0. The van der Waals surface area contributed by atoms with Crippen molar-refractivity contribution in [3.63, 3.8) is 0 Å². The molecule has 0 atom stereocenters. The van der Waals surface area contributed by atoms with Gasteiger partial charge < -0.3 is 9.73 Å². The Labute approximate surface area is 191 Å². The van der Waals surface area contributed by atoms with Gasteiger partial charge in [0.05, 0.1) is 4.90 Å². The fourth-order valence-electron chi connectivity index (χ4n) is 2.86. The zero-order chi connectivity index (χ0) is 23.6. The van der Waals surface area contributed by atoms with E-state index < -0.39 is 27.6 Å². The Morgan fingerprint density at radius 3 is 2.39 bits per heavy atom. The van der Waals surface area contributed by atoms with Crippen molar-refractivity contribution in [2.45, 2.75) is 4.90 Å². The number of para-hydroxylation sites is 1. The van der Waals surface area contributed by atoms with Crippen LogP contribution < -0.4 is 15.7 Å². The first-order chi connectivity index (χ1) is 15.7. The molecule has 1 amide bonds. The quantitative estimate of drug-likeness (QED) is 0.405. The Kier molecular flexibility index (Phi) is 6.12. The fourth-order valence-corrected chi connectivity index (χ4v) is 3.78. The number of carbonyl (C=O) groups excluding carboxylic acids is 1. The lowest BCUT2D eigenvalue weighted by Crippen LogP contribution is -2.27.